The fourth-order valence-electron chi connectivity index (χ4n) is 2.17. The Labute approximate surface area is 117 Å². The summed E-state index contributed by atoms with van der Waals surface area (Å²) in [6.45, 7) is 5.34. The van der Waals surface area contributed by atoms with Gasteiger partial charge < -0.3 is 5.32 Å². The maximum absolute atomic E-state index is 13.1. The first kappa shape index (κ1) is 14.7. The summed E-state index contributed by atoms with van der Waals surface area (Å²) in [7, 11) is 1.89. The molecule has 0 saturated heterocycles. The molecule has 0 spiro atoms. The molecule has 0 aliphatic rings. The van der Waals surface area contributed by atoms with Crippen LogP contribution < -0.4 is 5.32 Å². The summed E-state index contributed by atoms with van der Waals surface area (Å²) in [6.07, 6.45) is 1.98. The molecule has 1 aromatic carbocycles. The first-order chi connectivity index (χ1) is 9.47. The molecule has 0 radical (unpaired) electrons. The molecule has 2 rings (SSSR count). The minimum Gasteiger partial charge on any atom is -0.308 e. The zero-order chi connectivity index (χ0) is 14.7. The summed E-state index contributed by atoms with van der Waals surface area (Å²) in [6, 6.07) is 3.95. The third kappa shape index (κ3) is 3.42. The highest BCUT2D eigenvalue weighted by Crippen LogP contribution is 2.17. The second kappa shape index (κ2) is 6.13. The van der Waals surface area contributed by atoms with Crippen LogP contribution >= 0.6 is 0 Å². The molecule has 0 bridgehead atoms. The van der Waals surface area contributed by atoms with Gasteiger partial charge in [0.05, 0.1) is 5.69 Å². The average molecular weight is 279 g/mol. The second-order valence-corrected chi connectivity index (χ2v) is 5.22. The molecule has 5 heteroatoms. The molecule has 0 aliphatic carbocycles. The predicted molar refractivity (Wildman–Crippen MR) is 74.2 cm³/mol. The van der Waals surface area contributed by atoms with Gasteiger partial charge >= 0.3 is 0 Å². The number of rotatable bonds is 5. The lowest BCUT2D eigenvalue weighted by Gasteiger charge is -2.07. The molecule has 0 amide bonds. The number of aromatic nitrogens is 2. The summed E-state index contributed by atoms with van der Waals surface area (Å²) in [5.74, 6) is -1.27. The summed E-state index contributed by atoms with van der Waals surface area (Å²) >= 11 is 0. The molecule has 0 saturated carbocycles. The highest BCUT2D eigenvalue weighted by atomic mass is 19.2. The first-order valence-corrected chi connectivity index (χ1v) is 6.64. The third-order valence-electron chi connectivity index (χ3n) is 3.11. The number of aryl methyl sites for hydroxylation is 1. The molecule has 0 unspecified atom stereocenters. The van der Waals surface area contributed by atoms with E-state index >= 15 is 0 Å². The molecular weight excluding hydrogens is 260 g/mol. The van der Waals surface area contributed by atoms with E-state index in [1.165, 1.54) is 6.07 Å². The van der Waals surface area contributed by atoms with Crippen LogP contribution in [-0.4, -0.2) is 9.78 Å². The van der Waals surface area contributed by atoms with Crippen molar-refractivity contribution in [3.05, 3.63) is 52.9 Å². The van der Waals surface area contributed by atoms with E-state index in [-0.39, 0.29) is 0 Å². The van der Waals surface area contributed by atoms with Crippen molar-refractivity contribution < 1.29 is 8.78 Å². The maximum atomic E-state index is 13.1. The van der Waals surface area contributed by atoms with Gasteiger partial charge in [-0.25, -0.2) is 8.78 Å². The Morgan fingerprint density at radius 3 is 2.60 bits per heavy atom. The number of nitrogens with zero attached hydrogens (tertiary/aromatic N) is 2. The van der Waals surface area contributed by atoms with Crippen LogP contribution in [0.3, 0.4) is 0 Å². The smallest absolute Gasteiger partial charge is 0.159 e. The van der Waals surface area contributed by atoms with Gasteiger partial charge in [0.1, 0.15) is 0 Å². The van der Waals surface area contributed by atoms with Crippen LogP contribution in [0.5, 0.6) is 0 Å². The van der Waals surface area contributed by atoms with Gasteiger partial charge in [0.2, 0.25) is 0 Å². The lowest BCUT2D eigenvalue weighted by molar-refractivity contribution is 0.506. The molecule has 1 N–H and O–H groups in total. The number of benzene rings is 1. The van der Waals surface area contributed by atoms with E-state index in [0.717, 1.165) is 22.9 Å². The quantitative estimate of drug-likeness (QED) is 0.911. The fraction of sp³-hybridized carbons (Fsp3) is 0.400. The zero-order valence-corrected chi connectivity index (χ0v) is 12.0. The van der Waals surface area contributed by atoms with Crippen molar-refractivity contribution in [3.63, 3.8) is 0 Å². The van der Waals surface area contributed by atoms with Crippen LogP contribution in [0.1, 0.15) is 36.6 Å². The van der Waals surface area contributed by atoms with Gasteiger partial charge in [-0.2, -0.15) is 5.10 Å². The van der Waals surface area contributed by atoms with Crippen molar-refractivity contribution in [2.45, 2.75) is 32.9 Å². The van der Waals surface area contributed by atoms with E-state index in [4.69, 9.17) is 0 Å². The first-order valence-electron chi connectivity index (χ1n) is 6.64. The molecule has 20 heavy (non-hydrogen) atoms. The summed E-state index contributed by atoms with van der Waals surface area (Å²) in [5.41, 5.74) is 2.91. The largest absolute Gasteiger partial charge is 0.308 e. The molecule has 0 fully saturated rings. The van der Waals surface area contributed by atoms with Crippen LogP contribution in [0.4, 0.5) is 8.78 Å². The van der Waals surface area contributed by atoms with E-state index in [1.54, 1.807) is 10.7 Å². The Morgan fingerprint density at radius 2 is 1.95 bits per heavy atom. The van der Waals surface area contributed by atoms with Crippen molar-refractivity contribution in [3.8, 4) is 0 Å². The molecule has 3 nitrogen and oxygen atoms in total. The van der Waals surface area contributed by atoms with Gasteiger partial charge in [0.25, 0.3) is 0 Å². The third-order valence-corrected chi connectivity index (χ3v) is 3.11. The van der Waals surface area contributed by atoms with E-state index < -0.39 is 11.6 Å². The van der Waals surface area contributed by atoms with Gasteiger partial charge in [-0.3, -0.25) is 4.68 Å². The number of nitrogens with one attached hydrogen (secondary N) is 1. The van der Waals surface area contributed by atoms with Crippen molar-refractivity contribution in [1.29, 1.82) is 0 Å². The molecule has 108 valence electrons. The lowest BCUT2D eigenvalue weighted by atomic mass is 10.1. The minimum absolute atomic E-state index is 0.358. The SMILES string of the molecule is CC(C)c1nn(C)cc1CNCc1ccc(F)c(F)c1. The van der Waals surface area contributed by atoms with Crippen LogP contribution in [0.15, 0.2) is 24.4 Å². The maximum Gasteiger partial charge on any atom is 0.159 e. The van der Waals surface area contributed by atoms with E-state index in [9.17, 15) is 8.78 Å². The van der Waals surface area contributed by atoms with Crippen LogP contribution in [-0.2, 0) is 20.1 Å². The normalized spacial score (nSPS) is 11.3. The van der Waals surface area contributed by atoms with Gasteiger partial charge in [-0.15, -0.1) is 0 Å². The average Bonchev–Trinajstić information content (AvgIpc) is 2.75. The summed E-state index contributed by atoms with van der Waals surface area (Å²) in [4.78, 5) is 0. The zero-order valence-electron chi connectivity index (χ0n) is 12.0. The van der Waals surface area contributed by atoms with Crippen LogP contribution in [0.25, 0.3) is 0 Å². The van der Waals surface area contributed by atoms with E-state index in [1.807, 2.05) is 13.2 Å². The highest BCUT2D eigenvalue weighted by Gasteiger charge is 2.11. The van der Waals surface area contributed by atoms with Gasteiger partial charge in [-0.05, 0) is 23.6 Å². The number of hydrogen-bond acceptors (Lipinski definition) is 2. The van der Waals surface area contributed by atoms with E-state index in [0.29, 0.717) is 19.0 Å². The topological polar surface area (TPSA) is 29.9 Å². The van der Waals surface area contributed by atoms with Gasteiger partial charge in [0.15, 0.2) is 11.6 Å². The Morgan fingerprint density at radius 1 is 1.20 bits per heavy atom. The molecule has 0 aliphatic heterocycles. The minimum atomic E-state index is -0.817. The van der Waals surface area contributed by atoms with Crippen molar-refractivity contribution in [2.75, 3.05) is 0 Å². The summed E-state index contributed by atoms with van der Waals surface area (Å²) in [5, 5.41) is 7.66. The second-order valence-electron chi connectivity index (χ2n) is 5.22. The predicted octanol–water partition coefficient (Wildman–Crippen LogP) is 3.11. The van der Waals surface area contributed by atoms with Crippen LogP contribution in [0, 0.1) is 11.6 Å². The van der Waals surface area contributed by atoms with E-state index in [2.05, 4.69) is 24.3 Å². The monoisotopic (exact) mass is 279 g/mol. The number of hydrogen-bond donors (Lipinski definition) is 1. The molecule has 2 aromatic rings. The Hall–Kier alpha value is -1.75. The summed E-state index contributed by atoms with van der Waals surface area (Å²) < 4.78 is 27.7. The molecule has 1 heterocycles. The van der Waals surface area contributed by atoms with Crippen molar-refractivity contribution >= 4 is 0 Å². The Balaban J connectivity index is 1.97. The van der Waals surface area contributed by atoms with Crippen molar-refractivity contribution in [1.82, 2.24) is 15.1 Å². The van der Waals surface area contributed by atoms with Gasteiger partial charge in [-0.1, -0.05) is 19.9 Å². The molecule has 0 atom stereocenters. The molecule has 1 aromatic heterocycles. The van der Waals surface area contributed by atoms with Crippen LogP contribution in [0.2, 0.25) is 0 Å². The lowest BCUT2D eigenvalue weighted by Crippen LogP contribution is -2.14. The fourth-order valence-corrected chi connectivity index (χ4v) is 2.17. The Kier molecular flexibility index (Phi) is 4.49. The Bertz CT molecular complexity index is 591. The van der Waals surface area contributed by atoms with Gasteiger partial charge in [0, 0.05) is 31.9 Å². The molecular formula is C15H19F2N3. The number of halogens is 2. The highest BCUT2D eigenvalue weighted by molar-refractivity contribution is 5.21. The standard InChI is InChI=1S/C15H19F2N3/c1-10(2)15-12(9-20(3)19-15)8-18-7-11-4-5-13(16)14(17)6-11/h4-6,9-10,18H,7-8H2,1-3H3. The van der Waals surface area contributed by atoms with Crippen molar-refractivity contribution in [2.24, 2.45) is 7.05 Å².